The van der Waals surface area contributed by atoms with E-state index in [1.807, 2.05) is 44.5 Å². The van der Waals surface area contributed by atoms with E-state index in [9.17, 15) is 25.2 Å². The van der Waals surface area contributed by atoms with Crippen molar-refractivity contribution in [2.24, 2.45) is 51.1 Å². The Kier molecular flexibility index (Phi) is 12.3. The molecular weight excluding hydrogens is 779 g/mol. The predicted molar refractivity (Wildman–Crippen MR) is 233 cm³/mol. The molecule has 2 aromatic rings. The summed E-state index contributed by atoms with van der Waals surface area (Å²) in [6.45, 7) is 3.20. The zero-order valence-electron chi connectivity index (χ0n) is 32.6. The molecule has 9 unspecified atom stereocenters. The van der Waals surface area contributed by atoms with Crippen LogP contribution >= 0.6 is 43.2 Å². The highest BCUT2D eigenvalue weighted by atomic mass is 33.1. The lowest BCUT2D eigenvalue weighted by Gasteiger charge is -2.57. The number of guanidine groups is 1. The Bertz CT molecular complexity index is 1830. The monoisotopic (exact) mass is 837 g/mol. The number of hydrogen-bond acceptors (Lipinski definition) is 12. The highest BCUT2D eigenvalue weighted by molar-refractivity contribution is 8.77. The fraction of sp³-hybridized carbons (Fsp3) is 0.636. The fourth-order valence-corrected chi connectivity index (χ4v) is 18.4. The Morgan fingerprint density at radius 3 is 2.61 bits per heavy atom. The number of nitrogens with zero attached hydrogens (tertiary/aromatic N) is 1. The van der Waals surface area contributed by atoms with Gasteiger partial charge in [0.25, 0.3) is 0 Å². The average Bonchev–Trinajstić information content (AvgIpc) is 3.53. The van der Waals surface area contributed by atoms with Crippen LogP contribution < -0.4 is 11.1 Å². The summed E-state index contributed by atoms with van der Waals surface area (Å²) in [7, 11) is 7.45. The van der Waals surface area contributed by atoms with E-state index in [2.05, 4.69) is 48.6 Å². The van der Waals surface area contributed by atoms with Crippen LogP contribution in [0, 0.1) is 40.4 Å². The van der Waals surface area contributed by atoms with Crippen molar-refractivity contribution in [2.45, 2.75) is 88.0 Å². The molecule has 9 bridgehead atoms. The second kappa shape index (κ2) is 16.8. The Hall–Kier alpha value is -1.64. The molecule has 304 valence electrons. The van der Waals surface area contributed by atoms with Crippen LogP contribution in [0.2, 0.25) is 0 Å². The zero-order valence-corrected chi connectivity index (χ0v) is 35.9. The van der Waals surface area contributed by atoms with E-state index in [0.29, 0.717) is 56.3 Å². The summed E-state index contributed by atoms with van der Waals surface area (Å²) in [6, 6.07) is 16.8. The number of benzene rings is 2. The summed E-state index contributed by atoms with van der Waals surface area (Å²) in [4.78, 5) is 19.6. The van der Waals surface area contributed by atoms with Gasteiger partial charge in [0, 0.05) is 54.8 Å². The number of aliphatic imine (C=N–C) groups is 1. The molecule has 2 spiro atoms. The van der Waals surface area contributed by atoms with Crippen molar-refractivity contribution in [3.8, 4) is 0 Å². The second-order valence-electron chi connectivity index (χ2n) is 17.8. The highest BCUT2D eigenvalue weighted by Gasteiger charge is 2.69. The lowest BCUT2D eigenvalue weighted by Crippen LogP contribution is -2.62. The van der Waals surface area contributed by atoms with Gasteiger partial charge in [0.15, 0.2) is 11.7 Å². The zero-order chi connectivity index (χ0) is 39.1. The van der Waals surface area contributed by atoms with E-state index in [1.54, 1.807) is 10.8 Å². The van der Waals surface area contributed by atoms with Crippen molar-refractivity contribution in [1.29, 1.82) is 0 Å². The molecule has 2 fully saturated rings. The Labute approximate surface area is 348 Å². The van der Waals surface area contributed by atoms with Crippen LogP contribution in [0.1, 0.15) is 80.5 Å². The maximum atomic E-state index is 14.8. The van der Waals surface area contributed by atoms with Crippen LogP contribution in [0.3, 0.4) is 0 Å². The molecule has 8 rings (SSSR count). The number of aliphatic hydroxyl groups excluding tert-OH is 4. The van der Waals surface area contributed by atoms with Gasteiger partial charge in [0.1, 0.15) is 0 Å². The van der Waals surface area contributed by atoms with Crippen LogP contribution in [0.25, 0.3) is 0 Å². The number of fused-ring (bicyclic) bond motifs is 3. The summed E-state index contributed by atoms with van der Waals surface area (Å²) in [5.41, 5.74) is 12.5. The number of rotatable bonds is 8. The summed E-state index contributed by atoms with van der Waals surface area (Å²) in [6.07, 6.45) is 7.88. The first-order chi connectivity index (χ1) is 27.1. The second-order valence-corrected chi connectivity index (χ2v) is 23.1. The summed E-state index contributed by atoms with van der Waals surface area (Å²) in [5.74, 6) is 4.37. The van der Waals surface area contributed by atoms with E-state index >= 15 is 0 Å². The number of nitrogens with two attached hydrogens (primary N) is 1. The summed E-state index contributed by atoms with van der Waals surface area (Å²) < 4.78 is -0.618. The largest absolute Gasteiger partial charge is 0.396 e. The van der Waals surface area contributed by atoms with Gasteiger partial charge in [-0.25, -0.2) is 0 Å². The summed E-state index contributed by atoms with van der Waals surface area (Å²) in [5, 5.41) is 46.7. The molecule has 0 saturated heterocycles. The van der Waals surface area contributed by atoms with E-state index in [4.69, 9.17) is 10.7 Å². The van der Waals surface area contributed by atoms with Crippen LogP contribution in [-0.4, -0.2) is 81.3 Å². The maximum Gasteiger partial charge on any atom is 0.189 e. The number of carbonyl (C=O) groups is 1. The van der Waals surface area contributed by atoms with Crippen LogP contribution in [0.5, 0.6) is 0 Å². The van der Waals surface area contributed by atoms with Crippen LogP contribution in [0.4, 0.5) is 0 Å². The SMILES string of the molecule is CC12CCSSCC34CC(CSSC(CO)(Cc5ccccc5)c5ccc(CO)c(c5)CC3CN=C(N)N4)CC3=C4CC1CC(CO)C(CCCO)C42CC3=O. The molecule has 12 heteroatoms. The molecule has 2 aromatic carbocycles. The number of allylic oxidation sites excluding steroid dienone is 2. The number of carbonyl (C=O) groups excluding carboxylic acids is 1. The maximum absolute atomic E-state index is 14.8. The van der Waals surface area contributed by atoms with E-state index < -0.39 is 4.75 Å². The van der Waals surface area contributed by atoms with Crippen molar-refractivity contribution in [3.63, 3.8) is 0 Å². The normalized spacial score (nSPS) is 37.2. The van der Waals surface area contributed by atoms with Crippen molar-refractivity contribution < 1.29 is 25.2 Å². The lowest BCUT2D eigenvalue weighted by molar-refractivity contribution is -0.125. The van der Waals surface area contributed by atoms with E-state index in [1.165, 1.54) is 5.57 Å². The predicted octanol–water partition coefficient (Wildman–Crippen LogP) is 6.68. The highest BCUT2D eigenvalue weighted by Crippen LogP contribution is 2.75. The number of hydrogen-bond donors (Lipinski definition) is 6. The van der Waals surface area contributed by atoms with Gasteiger partial charge < -0.3 is 31.5 Å². The third-order valence-corrected chi connectivity index (χ3v) is 20.9. The Balaban J connectivity index is 1.25. The minimum absolute atomic E-state index is 0.0384. The first-order valence-corrected chi connectivity index (χ1v) is 25.4. The quantitative estimate of drug-likeness (QED) is 0.158. The Morgan fingerprint density at radius 1 is 1.00 bits per heavy atom. The Morgan fingerprint density at radius 2 is 1.84 bits per heavy atom. The standard InChI is InChI=1S/C44H59N3O5S4/c1-41-11-13-53-55-27-42-19-29(14-36-38-18-34(41)17-32(24-50)37(8-5-12-48)44(38,41)21-39(36)52)25-54-56-43(26-51,20-28-6-3-2-4-7-28)33-10-9-30(23-49)31(15-33)16-35(42)22-46-40(45)47-42/h2-4,6-7,9-10,15,29,32,34-35,37,48-51H,5,8,11-14,16-27H2,1H3,(H3,45,46,47). The molecule has 7 N–H and O–H groups in total. The molecule has 8 nitrogen and oxygen atoms in total. The van der Waals surface area contributed by atoms with Crippen LogP contribution in [0.15, 0.2) is 64.7 Å². The van der Waals surface area contributed by atoms with Crippen LogP contribution in [-0.2, 0) is 29.0 Å². The molecule has 3 aliphatic carbocycles. The van der Waals surface area contributed by atoms with Gasteiger partial charge in [-0.15, -0.1) is 0 Å². The number of ketones is 1. The summed E-state index contributed by atoms with van der Waals surface area (Å²) >= 11 is 0. The van der Waals surface area contributed by atoms with Gasteiger partial charge in [-0.3, -0.25) is 9.79 Å². The fourth-order valence-electron chi connectivity index (χ4n) is 12.3. The third-order valence-electron chi connectivity index (χ3n) is 15.1. The third kappa shape index (κ3) is 7.11. The lowest BCUT2D eigenvalue weighted by atomic mass is 9.47. The number of aliphatic hydroxyl groups is 4. The molecular formula is C44H59N3O5S4. The first-order valence-electron chi connectivity index (χ1n) is 20.6. The van der Waals surface area contributed by atoms with Gasteiger partial charge in [0.2, 0.25) is 0 Å². The van der Waals surface area contributed by atoms with Gasteiger partial charge >= 0.3 is 0 Å². The molecule has 56 heavy (non-hydrogen) atoms. The number of Topliss-reactive ketones (excluding diaryl/α,β-unsaturated/α-hetero) is 1. The van der Waals surface area contributed by atoms with Gasteiger partial charge in [-0.2, -0.15) is 0 Å². The van der Waals surface area contributed by atoms with Gasteiger partial charge in [-0.1, -0.05) is 104 Å². The molecule has 6 aliphatic rings. The molecule has 3 heterocycles. The molecule has 3 aliphatic heterocycles. The molecule has 0 radical (unpaired) electrons. The van der Waals surface area contributed by atoms with Crippen molar-refractivity contribution in [2.75, 3.05) is 43.6 Å². The van der Waals surface area contributed by atoms with E-state index in [0.717, 1.165) is 77.2 Å². The average molecular weight is 838 g/mol. The first kappa shape index (κ1) is 41.1. The molecule has 2 saturated carbocycles. The minimum Gasteiger partial charge on any atom is -0.396 e. The van der Waals surface area contributed by atoms with Crippen molar-refractivity contribution in [3.05, 3.63) is 81.9 Å². The molecule has 0 aromatic heterocycles. The van der Waals surface area contributed by atoms with Gasteiger partial charge in [0.05, 0.1) is 23.5 Å². The van der Waals surface area contributed by atoms with Crippen molar-refractivity contribution in [1.82, 2.24) is 5.32 Å². The van der Waals surface area contributed by atoms with Crippen molar-refractivity contribution >= 4 is 54.9 Å². The van der Waals surface area contributed by atoms with E-state index in [-0.39, 0.29) is 66.5 Å². The smallest absolute Gasteiger partial charge is 0.189 e. The minimum atomic E-state index is -0.618. The van der Waals surface area contributed by atoms with Gasteiger partial charge in [-0.05, 0) is 115 Å². The number of nitrogens with one attached hydrogen (secondary N) is 1. The molecule has 9 atom stereocenters. The molecule has 0 amide bonds. The topological polar surface area (TPSA) is 148 Å².